The summed E-state index contributed by atoms with van der Waals surface area (Å²) >= 11 is 1.52. The SMILES string of the molecule is CCOC(=O)CCn1cnc2sc(C)c(C)c2c1=O. The summed E-state index contributed by atoms with van der Waals surface area (Å²) in [6.45, 7) is 6.31. The van der Waals surface area contributed by atoms with E-state index >= 15 is 0 Å². The van der Waals surface area contributed by atoms with E-state index in [2.05, 4.69) is 4.98 Å². The molecule has 0 unspecified atom stereocenters. The summed E-state index contributed by atoms with van der Waals surface area (Å²) in [6, 6.07) is 0. The topological polar surface area (TPSA) is 61.2 Å². The summed E-state index contributed by atoms with van der Waals surface area (Å²) in [5, 5.41) is 0.661. The van der Waals surface area contributed by atoms with Crippen molar-refractivity contribution < 1.29 is 9.53 Å². The van der Waals surface area contributed by atoms with Crippen LogP contribution >= 0.6 is 11.3 Å². The molecule has 0 aliphatic rings. The zero-order chi connectivity index (χ0) is 14.0. The Morgan fingerprint density at radius 2 is 2.21 bits per heavy atom. The fourth-order valence-corrected chi connectivity index (χ4v) is 2.86. The number of rotatable bonds is 4. The molecule has 0 fully saturated rings. The van der Waals surface area contributed by atoms with Crippen LogP contribution in [0.3, 0.4) is 0 Å². The highest BCUT2D eigenvalue weighted by Gasteiger charge is 2.12. The van der Waals surface area contributed by atoms with Crippen LogP contribution < -0.4 is 5.56 Å². The third-order valence-electron chi connectivity index (χ3n) is 3.02. The first-order valence-electron chi connectivity index (χ1n) is 6.15. The Labute approximate surface area is 114 Å². The monoisotopic (exact) mass is 280 g/mol. The van der Waals surface area contributed by atoms with E-state index in [1.807, 2.05) is 13.8 Å². The molecule has 0 radical (unpaired) electrons. The first-order valence-corrected chi connectivity index (χ1v) is 6.97. The van der Waals surface area contributed by atoms with Crippen LogP contribution in [0.15, 0.2) is 11.1 Å². The van der Waals surface area contributed by atoms with Gasteiger partial charge in [0.15, 0.2) is 0 Å². The van der Waals surface area contributed by atoms with Crippen molar-refractivity contribution in [3.63, 3.8) is 0 Å². The number of fused-ring (bicyclic) bond motifs is 1. The van der Waals surface area contributed by atoms with E-state index in [9.17, 15) is 9.59 Å². The van der Waals surface area contributed by atoms with Crippen LogP contribution in [0.1, 0.15) is 23.8 Å². The molecule has 2 aromatic heterocycles. The van der Waals surface area contributed by atoms with E-state index in [-0.39, 0.29) is 17.9 Å². The zero-order valence-corrected chi connectivity index (χ0v) is 12.0. The number of esters is 1. The molecule has 5 nitrogen and oxygen atoms in total. The zero-order valence-electron chi connectivity index (χ0n) is 11.2. The van der Waals surface area contributed by atoms with Crippen molar-refractivity contribution in [3.05, 3.63) is 27.1 Å². The van der Waals surface area contributed by atoms with E-state index in [0.717, 1.165) is 15.3 Å². The number of aromatic nitrogens is 2. The molecule has 2 heterocycles. The lowest BCUT2D eigenvalue weighted by Crippen LogP contribution is -2.22. The number of aryl methyl sites for hydroxylation is 3. The Hall–Kier alpha value is -1.69. The van der Waals surface area contributed by atoms with Gasteiger partial charge in [-0.25, -0.2) is 4.98 Å². The Morgan fingerprint density at radius 1 is 1.47 bits per heavy atom. The molecule has 2 aromatic rings. The molecule has 0 aliphatic carbocycles. The highest BCUT2D eigenvalue weighted by atomic mass is 32.1. The maximum atomic E-state index is 12.3. The summed E-state index contributed by atoms with van der Waals surface area (Å²) in [6.07, 6.45) is 1.68. The van der Waals surface area contributed by atoms with Gasteiger partial charge in [-0.1, -0.05) is 0 Å². The second-order valence-electron chi connectivity index (χ2n) is 4.26. The molecule has 102 valence electrons. The molecule has 0 aromatic carbocycles. The average Bonchev–Trinajstić information content (AvgIpc) is 2.65. The minimum absolute atomic E-state index is 0.0869. The smallest absolute Gasteiger partial charge is 0.307 e. The predicted octanol–water partition coefficient (Wildman–Crippen LogP) is 2.03. The number of hydrogen-bond donors (Lipinski definition) is 0. The second kappa shape index (κ2) is 5.52. The molecule has 0 amide bonds. The van der Waals surface area contributed by atoms with Gasteiger partial charge in [-0.05, 0) is 26.3 Å². The fourth-order valence-electron chi connectivity index (χ4n) is 1.87. The molecule has 0 spiro atoms. The maximum Gasteiger partial charge on any atom is 0.307 e. The Bertz CT molecular complexity index is 672. The molecule has 0 bridgehead atoms. The quantitative estimate of drug-likeness (QED) is 0.804. The van der Waals surface area contributed by atoms with Gasteiger partial charge in [-0.3, -0.25) is 14.2 Å². The molecule has 2 rings (SSSR count). The van der Waals surface area contributed by atoms with E-state index in [1.165, 1.54) is 22.2 Å². The van der Waals surface area contributed by atoms with E-state index in [4.69, 9.17) is 4.74 Å². The van der Waals surface area contributed by atoms with Crippen molar-refractivity contribution in [2.45, 2.75) is 33.7 Å². The van der Waals surface area contributed by atoms with Gasteiger partial charge in [0, 0.05) is 11.4 Å². The van der Waals surface area contributed by atoms with E-state index in [1.54, 1.807) is 6.92 Å². The van der Waals surface area contributed by atoms with Crippen LogP contribution in [0.4, 0.5) is 0 Å². The molecule has 0 atom stereocenters. The highest BCUT2D eigenvalue weighted by Crippen LogP contribution is 2.25. The molecule has 6 heteroatoms. The minimum Gasteiger partial charge on any atom is -0.466 e. The number of nitrogens with zero attached hydrogens (tertiary/aromatic N) is 2. The van der Waals surface area contributed by atoms with Gasteiger partial charge in [-0.2, -0.15) is 0 Å². The highest BCUT2D eigenvalue weighted by molar-refractivity contribution is 7.18. The standard InChI is InChI=1S/C13H16N2O3S/c1-4-18-10(16)5-6-15-7-14-12-11(13(15)17)8(2)9(3)19-12/h7H,4-6H2,1-3H3. The molecule has 0 aliphatic heterocycles. The summed E-state index contributed by atoms with van der Waals surface area (Å²) in [7, 11) is 0. The number of hydrogen-bond acceptors (Lipinski definition) is 5. The van der Waals surface area contributed by atoms with Crippen LogP contribution in [0.5, 0.6) is 0 Å². The lowest BCUT2D eigenvalue weighted by Gasteiger charge is -2.05. The minimum atomic E-state index is -0.298. The Balaban J connectivity index is 2.30. The number of ether oxygens (including phenoxy) is 1. The Morgan fingerprint density at radius 3 is 2.89 bits per heavy atom. The second-order valence-corrected chi connectivity index (χ2v) is 5.46. The summed E-state index contributed by atoms with van der Waals surface area (Å²) in [5.41, 5.74) is 0.888. The lowest BCUT2D eigenvalue weighted by molar-refractivity contribution is -0.143. The normalized spacial score (nSPS) is 10.9. The lowest BCUT2D eigenvalue weighted by atomic mass is 10.2. The third-order valence-corrected chi connectivity index (χ3v) is 4.13. The molecular weight excluding hydrogens is 264 g/mol. The maximum absolute atomic E-state index is 12.3. The predicted molar refractivity (Wildman–Crippen MR) is 74.6 cm³/mol. The molecular formula is C13H16N2O3S. The molecule has 0 saturated carbocycles. The van der Waals surface area contributed by atoms with Gasteiger partial charge in [0.1, 0.15) is 4.83 Å². The van der Waals surface area contributed by atoms with Crippen LogP contribution in [0, 0.1) is 13.8 Å². The summed E-state index contributed by atoms with van der Waals surface area (Å²) < 4.78 is 6.32. The first kappa shape index (κ1) is 13.7. The van der Waals surface area contributed by atoms with Crippen molar-refractivity contribution in [1.29, 1.82) is 0 Å². The number of carbonyl (C=O) groups is 1. The van der Waals surface area contributed by atoms with Gasteiger partial charge in [0.2, 0.25) is 0 Å². The number of thiophene rings is 1. The van der Waals surface area contributed by atoms with Crippen molar-refractivity contribution in [1.82, 2.24) is 9.55 Å². The first-order chi connectivity index (χ1) is 9.04. The fraction of sp³-hybridized carbons (Fsp3) is 0.462. The van der Waals surface area contributed by atoms with Crippen molar-refractivity contribution in [2.24, 2.45) is 0 Å². The van der Waals surface area contributed by atoms with Crippen molar-refractivity contribution >= 4 is 27.5 Å². The largest absolute Gasteiger partial charge is 0.466 e. The molecule has 0 saturated heterocycles. The summed E-state index contributed by atoms with van der Waals surface area (Å²) in [5.74, 6) is -0.298. The molecule has 19 heavy (non-hydrogen) atoms. The van der Waals surface area contributed by atoms with E-state index in [0.29, 0.717) is 18.5 Å². The third kappa shape index (κ3) is 2.68. The van der Waals surface area contributed by atoms with Crippen LogP contribution in [0.2, 0.25) is 0 Å². The Kier molecular flexibility index (Phi) is 3.99. The van der Waals surface area contributed by atoms with Crippen LogP contribution in [0.25, 0.3) is 10.2 Å². The number of carbonyl (C=O) groups excluding carboxylic acids is 1. The van der Waals surface area contributed by atoms with E-state index < -0.39 is 0 Å². The summed E-state index contributed by atoms with van der Waals surface area (Å²) in [4.78, 5) is 29.8. The van der Waals surface area contributed by atoms with Crippen molar-refractivity contribution in [3.8, 4) is 0 Å². The van der Waals surface area contributed by atoms with Gasteiger partial charge in [-0.15, -0.1) is 11.3 Å². The van der Waals surface area contributed by atoms with Gasteiger partial charge >= 0.3 is 5.97 Å². The van der Waals surface area contributed by atoms with Gasteiger partial charge in [0.05, 0.1) is 24.7 Å². The van der Waals surface area contributed by atoms with Crippen LogP contribution in [-0.2, 0) is 16.1 Å². The average molecular weight is 280 g/mol. The van der Waals surface area contributed by atoms with Gasteiger partial charge in [0.25, 0.3) is 5.56 Å². The molecule has 0 N–H and O–H groups in total. The van der Waals surface area contributed by atoms with Crippen LogP contribution in [-0.4, -0.2) is 22.1 Å². The van der Waals surface area contributed by atoms with Gasteiger partial charge < -0.3 is 4.74 Å². The van der Waals surface area contributed by atoms with Crippen molar-refractivity contribution in [2.75, 3.05) is 6.61 Å².